The zero-order valence-electron chi connectivity index (χ0n) is 16.6. The van der Waals surface area contributed by atoms with Crippen molar-refractivity contribution in [1.82, 2.24) is 19.7 Å². The van der Waals surface area contributed by atoms with Gasteiger partial charge in [0.25, 0.3) is 0 Å². The fraction of sp³-hybridized carbons (Fsp3) is 0.318. The number of thioether (sulfide) groups is 1. The number of ether oxygens (including phenoxy) is 1. The maximum atomic E-state index is 13.4. The minimum Gasteiger partial charge on any atom is -0.378 e. The number of nitrogens with zero attached hydrogens (tertiary/aromatic N) is 4. The largest absolute Gasteiger partial charge is 0.378 e. The van der Waals surface area contributed by atoms with Crippen molar-refractivity contribution in [2.24, 2.45) is 0 Å². The highest BCUT2D eigenvalue weighted by atomic mass is 32.2. The predicted octanol–water partition coefficient (Wildman–Crippen LogP) is 3.58. The normalized spacial score (nSPS) is 15.3. The zero-order valence-corrected chi connectivity index (χ0v) is 17.4. The van der Waals surface area contributed by atoms with Gasteiger partial charge in [-0.2, -0.15) is 0 Å². The Balaban J connectivity index is 1.68. The first-order valence-corrected chi connectivity index (χ1v) is 10.6. The van der Waals surface area contributed by atoms with Crippen LogP contribution in [-0.2, 0) is 9.53 Å². The summed E-state index contributed by atoms with van der Waals surface area (Å²) in [7, 11) is 0. The number of carbonyl (C=O) groups excluding carboxylic acids is 1. The van der Waals surface area contributed by atoms with Crippen LogP contribution in [0.3, 0.4) is 0 Å². The first-order chi connectivity index (χ1) is 14.1. The van der Waals surface area contributed by atoms with Crippen LogP contribution in [0.1, 0.15) is 22.2 Å². The molecule has 1 amide bonds. The smallest absolute Gasteiger partial charge is 0.240 e. The Labute approximate surface area is 174 Å². The van der Waals surface area contributed by atoms with Gasteiger partial charge >= 0.3 is 0 Å². The lowest BCUT2D eigenvalue weighted by Gasteiger charge is -2.30. The number of aryl methyl sites for hydroxylation is 2. The van der Waals surface area contributed by atoms with Crippen LogP contribution in [0.25, 0.3) is 5.69 Å². The van der Waals surface area contributed by atoms with Crippen molar-refractivity contribution in [2.75, 3.05) is 26.3 Å². The van der Waals surface area contributed by atoms with Gasteiger partial charge in [-0.05, 0) is 31.5 Å². The van der Waals surface area contributed by atoms with Gasteiger partial charge in [0, 0.05) is 18.8 Å². The molecule has 1 aliphatic rings. The standard InChI is InChI=1S/C22H24N4O2S/c1-16-8-10-19(11-9-16)26-17(2)23-24-22(26)29-20(18-6-4-3-5-7-18)21(27)25-12-14-28-15-13-25/h3-11,20H,12-15H2,1-2H3/t20-/m1/s1. The molecule has 0 unspecified atom stereocenters. The average molecular weight is 409 g/mol. The van der Waals surface area contributed by atoms with E-state index in [4.69, 9.17) is 4.74 Å². The fourth-order valence-corrected chi connectivity index (χ4v) is 4.54. The summed E-state index contributed by atoms with van der Waals surface area (Å²) in [6.45, 7) is 6.38. The minimum atomic E-state index is -0.387. The highest BCUT2D eigenvalue weighted by molar-refractivity contribution is 8.00. The molecule has 2 heterocycles. The summed E-state index contributed by atoms with van der Waals surface area (Å²) in [5.41, 5.74) is 3.15. The molecule has 1 saturated heterocycles. The minimum absolute atomic E-state index is 0.0839. The molecule has 0 aliphatic carbocycles. The molecular weight excluding hydrogens is 384 g/mol. The molecule has 0 radical (unpaired) electrons. The van der Waals surface area contributed by atoms with E-state index in [1.54, 1.807) is 0 Å². The van der Waals surface area contributed by atoms with Crippen LogP contribution in [-0.4, -0.2) is 51.9 Å². The van der Waals surface area contributed by atoms with Crippen molar-refractivity contribution in [1.29, 1.82) is 0 Å². The van der Waals surface area contributed by atoms with Gasteiger partial charge in [0.1, 0.15) is 11.1 Å². The van der Waals surface area contributed by atoms with Crippen molar-refractivity contribution in [3.63, 3.8) is 0 Å². The van der Waals surface area contributed by atoms with Gasteiger partial charge in [0.2, 0.25) is 5.91 Å². The van der Waals surface area contributed by atoms with Crippen LogP contribution in [0.5, 0.6) is 0 Å². The van der Waals surface area contributed by atoms with E-state index >= 15 is 0 Å². The van der Waals surface area contributed by atoms with E-state index in [0.717, 1.165) is 17.1 Å². The molecular formula is C22H24N4O2S. The van der Waals surface area contributed by atoms with Crippen LogP contribution in [0.2, 0.25) is 0 Å². The molecule has 150 valence electrons. The molecule has 1 fully saturated rings. The van der Waals surface area contributed by atoms with Crippen LogP contribution < -0.4 is 0 Å². The van der Waals surface area contributed by atoms with Gasteiger partial charge in [-0.15, -0.1) is 10.2 Å². The Hall–Kier alpha value is -2.64. The topological polar surface area (TPSA) is 60.2 Å². The molecule has 3 aromatic rings. The number of aromatic nitrogens is 3. The lowest BCUT2D eigenvalue weighted by molar-refractivity contribution is -0.134. The summed E-state index contributed by atoms with van der Waals surface area (Å²) in [5.74, 6) is 0.877. The van der Waals surface area contributed by atoms with Gasteiger partial charge in [0.05, 0.1) is 13.2 Å². The lowest BCUT2D eigenvalue weighted by Crippen LogP contribution is -2.42. The number of rotatable bonds is 5. The molecule has 1 aliphatic heterocycles. The van der Waals surface area contributed by atoms with Crippen molar-refractivity contribution >= 4 is 17.7 Å². The van der Waals surface area contributed by atoms with Crippen molar-refractivity contribution in [3.8, 4) is 5.69 Å². The Kier molecular flexibility index (Phi) is 5.97. The number of hydrogen-bond donors (Lipinski definition) is 0. The van der Waals surface area contributed by atoms with Crippen LogP contribution >= 0.6 is 11.8 Å². The van der Waals surface area contributed by atoms with E-state index in [-0.39, 0.29) is 11.2 Å². The molecule has 0 bridgehead atoms. The van der Waals surface area contributed by atoms with Crippen molar-refractivity contribution in [3.05, 3.63) is 71.5 Å². The Morgan fingerprint density at radius 3 is 2.38 bits per heavy atom. The van der Waals surface area contributed by atoms with Gasteiger partial charge in [-0.25, -0.2) is 0 Å². The van der Waals surface area contributed by atoms with E-state index in [0.29, 0.717) is 31.5 Å². The molecule has 1 aromatic heterocycles. The van der Waals surface area contributed by atoms with Crippen molar-refractivity contribution < 1.29 is 9.53 Å². The third-order valence-electron chi connectivity index (χ3n) is 4.96. The maximum Gasteiger partial charge on any atom is 0.240 e. The molecule has 0 spiro atoms. The van der Waals surface area contributed by atoms with Crippen LogP contribution in [0.15, 0.2) is 59.8 Å². The second kappa shape index (κ2) is 8.80. The Morgan fingerprint density at radius 2 is 1.69 bits per heavy atom. The van der Waals surface area contributed by atoms with Crippen molar-refractivity contribution in [2.45, 2.75) is 24.3 Å². The number of benzene rings is 2. The molecule has 29 heavy (non-hydrogen) atoms. The number of hydrogen-bond acceptors (Lipinski definition) is 5. The van der Waals surface area contributed by atoms with Crippen LogP contribution in [0.4, 0.5) is 0 Å². The first-order valence-electron chi connectivity index (χ1n) is 9.70. The summed E-state index contributed by atoms with van der Waals surface area (Å²) < 4.78 is 7.42. The summed E-state index contributed by atoms with van der Waals surface area (Å²) in [6.07, 6.45) is 0. The second-order valence-electron chi connectivity index (χ2n) is 7.05. The summed E-state index contributed by atoms with van der Waals surface area (Å²) in [4.78, 5) is 15.3. The van der Waals surface area contributed by atoms with E-state index in [9.17, 15) is 4.79 Å². The monoisotopic (exact) mass is 408 g/mol. The number of carbonyl (C=O) groups is 1. The summed E-state index contributed by atoms with van der Waals surface area (Å²) in [5, 5.41) is 8.99. The zero-order chi connectivity index (χ0) is 20.2. The maximum absolute atomic E-state index is 13.4. The number of morpholine rings is 1. The quantitative estimate of drug-likeness (QED) is 0.604. The average Bonchev–Trinajstić information content (AvgIpc) is 3.13. The van der Waals surface area contributed by atoms with Crippen LogP contribution in [0, 0.1) is 13.8 Å². The summed E-state index contributed by atoms with van der Waals surface area (Å²) >= 11 is 1.45. The van der Waals surface area contributed by atoms with Gasteiger partial charge < -0.3 is 9.64 Å². The Morgan fingerprint density at radius 1 is 1.00 bits per heavy atom. The van der Waals surface area contributed by atoms with Gasteiger partial charge in [-0.3, -0.25) is 9.36 Å². The first kappa shape index (κ1) is 19.7. The molecule has 4 rings (SSSR count). The Bertz CT molecular complexity index is 966. The van der Waals surface area contributed by atoms with E-state index < -0.39 is 0 Å². The molecule has 6 nitrogen and oxygen atoms in total. The highest BCUT2D eigenvalue weighted by Crippen LogP contribution is 2.37. The lowest BCUT2D eigenvalue weighted by atomic mass is 10.1. The molecule has 0 saturated carbocycles. The van der Waals surface area contributed by atoms with E-state index in [1.807, 2.05) is 46.7 Å². The second-order valence-corrected chi connectivity index (χ2v) is 8.12. The third kappa shape index (κ3) is 4.36. The highest BCUT2D eigenvalue weighted by Gasteiger charge is 2.30. The molecule has 1 atom stereocenters. The third-order valence-corrected chi connectivity index (χ3v) is 6.14. The molecule has 7 heteroatoms. The fourth-order valence-electron chi connectivity index (χ4n) is 3.35. The molecule has 0 N–H and O–H groups in total. The van der Waals surface area contributed by atoms with E-state index in [1.165, 1.54) is 17.3 Å². The van der Waals surface area contributed by atoms with E-state index in [2.05, 4.69) is 41.4 Å². The van der Waals surface area contributed by atoms with Gasteiger partial charge in [-0.1, -0.05) is 59.8 Å². The predicted molar refractivity (Wildman–Crippen MR) is 113 cm³/mol. The van der Waals surface area contributed by atoms with Gasteiger partial charge in [0.15, 0.2) is 5.16 Å². The SMILES string of the molecule is Cc1ccc(-n2c(C)nnc2S[C@@H](C(=O)N2CCOCC2)c2ccccc2)cc1. The molecule has 2 aromatic carbocycles. The number of amides is 1. The summed E-state index contributed by atoms with van der Waals surface area (Å²) in [6, 6.07) is 18.1.